The van der Waals surface area contributed by atoms with Gasteiger partial charge < -0.3 is 10.4 Å². The number of hydrogen-bond donors (Lipinski definition) is 2. The number of imidazole rings is 1. The van der Waals surface area contributed by atoms with E-state index in [-0.39, 0.29) is 12.0 Å². The van der Waals surface area contributed by atoms with Crippen LogP contribution in [0.3, 0.4) is 0 Å². The molecular formula is C14H22N4O. The Morgan fingerprint density at radius 2 is 2.00 bits per heavy atom. The lowest BCUT2D eigenvalue weighted by Crippen LogP contribution is -2.13. The van der Waals surface area contributed by atoms with E-state index in [4.69, 9.17) is 5.11 Å². The molecule has 0 radical (unpaired) electrons. The maximum absolute atomic E-state index is 8.96. The van der Waals surface area contributed by atoms with Crippen LogP contribution in [0.25, 0.3) is 5.52 Å². The molecule has 0 saturated carbocycles. The molecule has 5 heteroatoms. The predicted octanol–water partition coefficient (Wildman–Crippen LogP) is 2.05. The fourth-order valence-corrected chi connectivity index (χ4v) is 2.24. The lowest BCUT2D eigenvalue weighted by Gasteiger charge is -2.16. The van der Waals surface area contributed by atoms with Crippen molar-refractivity contribution in [1.82, 2.24) is 14.6 Å². The zero-order valence-electron chi connectivity index (χ0n) is 12.3. The Bertz CT molecular complexity index is 595. The van der Waals surface area contributed by atoms with Crippen LogP contribution in [0.4, 0.5) is 5.95 Å². The molecule has 0 amide bonds. The molecule has 2 N–H and O–H groups in total. The highest BCUT2D eigenvalue weighted by molar-refractivity contribution is 5.64. The van der Waals surface area contributed by atoms with Gasteiger partial charge in [0.15, 0.2) is 0 Å². The molecule has 0 aromatic carbocycles. The van der Waals surface area contributed by atoms with Crippen molar-refractivity contribution in [2.45, 2.75) is 40.0 Å². The highest BCUT2D eigenvalue weighted by Gasteiger charge is 2.24. The summed E-state index contributed by atoms with van der Waals surface area (Å²) in [4.78, 5) is 4.68. The first-order chi connectivity index (χ1) is 8.84. The molecule has 0 bridgehead atoms. The molecule has 0 aliphatic heterocycles. The van der Waals surface area contributed by atoms with E-state index < -0.39 is 0 Å². The summed E-state index contributed by atoms with van der Waals surface area (Å²) >= 11 is 0. The predicted molar refractivity (Wildman–Crippen MR) is 76.7 cm³/mol. The molecule has 2 aromatic rings. The molecule has 2 rings (SSSR count). The average molecular weight is 262 g/mol. The zero-order valence-corrected chi connectivity index (χ0v) is 12.3. The molecule has 0 saturated heterocycles. The Morgan fingerprint density at radius 3 is 2.58 bits per heavy atom. The van der Waals surface area contributed by atoms with Crippen LogP contribution in [0.15, 0.2) is 6.07 Å². The van der Waals surface area contributed by atoms with Gasteiger partial charge in [-0.15, -0.1) is 0 Å². The van der Waals surface area contributed by atoms with Gasteiger partial charge in [-0.1, -0.05) is 20.8 Å². The molecule has 0 atom stereocenters. The Kier molecular flexibility index (Phi) is 3.49. The fraction of sp³-hybridized carbons (Fsp3) is 0.571. The first-order valence-corrected chi connectivity index (χ1v) is 6.57. The second-order valence-corrected chi connectivity index (χ2v) is 5.91. The lowest BCUT2D eigenvalue weighted by molar-refractivity contribution is 0.310. The summed E-state index contributed by atoms with van der Waals surface area (Å²) in [6, 6.07) is 2.07. The first kappa shape index (κ1) is 13.8. The van der Waals surface area contributed by atoms with Gasteiger partial charge in [0, 0.05) is 12.0 Å². The number of anilines is 1. The van der Waals surface area contributed by atoms with Crippen molar-refractivity contribution >= 4 is 11.5 Å². The van der Waals surface area contributed by atoms with Gasteiger partial charge in [-0.05, 0) is 25.5 Å². The van der Waals surface area contributed by atoms with Crippen LogP contribution in [0.2, 0.25) is 0 Å². The number of aryl methyl sites for hydroxylation is 2. The van der Waals surface area contributed by atoms with Crippen molar-refractivity contribution in [3.8, 4) is 0 Å². The van der Waals surface area contributed by atoms with Crippen molar-refractivity contribution < 1.29 is 5.11 Å². The van der Waals surface area contributed by atoms with Gasteiger partial charge in [-0.2, -0.15) is 9.61 Å². The highest BCUT2D eigenvalue weighted by atomic mass is 16.3. The largest absolute Gasteiger partial charge is 0.395 e. The van der Waals surface area contributed by atoms with Crippen molar-refractivity contribution in [1.29, 1.82) is 0 Å². The number of fused-ring (bicyclic) bond motifs is 1. The first-order valence-electron chi connectivity index (χ1n) is 6.57. The molecule has 5 nitrogen and oxygen atoms in total. The number of rotatable bonds is 3. The second kappa shape index (κ2) is 4.81. The highest BCUT2D eigenvalue weighted by Crippen LogP contribution is 2.30. The zero-order chi connectivity index (χ0) is 14.2. The van der Waals surface area contributed by atoms with Crippen LogP contribution in [-0.4, -0.2) is 32.9 Å². The minimum Gasteiger partial charge on any atom is -0.395 e. The molecule has 0 aliphatic rings. The number of aromatic nitrogens is 3. The second-order valence-electron chi connectivity index (χ2n) is 5.91. The third kappa shape index (κ3) is 2.56. The number of nitrogens with one attached hydrogen (secondary N) is 1. The molecule has 2 heterocycles. The van der Waals surface area contributed by atoms with Gasteiger partial charge >= 0.3 is 0 Å². The van der Waals surface area contributed by atoms with Crippen LogP contribution >= 0.6 is 0 Å². The molecule has 2 aromatic heterocycles. The summed E-state index contributed by atoms with van der Waals surface area (Å²) in [6.07, 6.45) is 0. The van der Waals surface area contributed by atoms with Gasteiger partial charge in [0.1, 0.15) is 0 Å². The number of aliphatic hydroxyl groups excluding tert-OH is 1. The van der Waals surface area contributed by atoms with E-state index in [1.807, 2.05) is 11.4 Å². The van der Waals surface area contributed by atoms with Crippen molar-refractivity contribution in [2.24, 2.45) is 0 Å². The maximum atomic E-state index is 8.96. The minimum absolute atomic E-state index is 0.0495. The molecule has 19 heavy (non-hydrogen) atoms. The normalized spacial score (nSPS) is 12.1. The molecular weight excluding hydrogens is 240 g/mol. The van der Waals surface area contributed by atoms with E-state index in [2.05, 4.69) is 49.2 Å². The average Bonchev–Trinajstić information content (AvgIpc) is 2.65. The number of aliphatic hydroxyl groups is 1. The van der Waals surface area contributed by atoms with Crippen LogP contribution in [0, 0.1) is 13.8 Å². The van der Waals surface area contributed by atoms with E-state index in [1.165, 1.54) is 5.56 Å². The Labute approximate surface area is 113 Å². The van der Waals surface area contributed by atoms with Gasteiger partial charge in [0.2, 0.25) is 5.95 Å². The molecule has 104 valence electrons. The third-order valence-electron chi connectivity index (χ3n) is 3.02. The summed E-state index contributed by atoms with van der Waals surface area (Å²) in [5.74, 6) is 0.695. The summed E-state index contributed by atoms with van der Waals surface area (Å²) in [6.45, 7) is 11.0. The Morgan fingerprint density at radius 1 is 1.32 bits per heavy atom. The van der Waals surface area contributed by atoms with E-state index in [9.17, 15) is 0 Å². The molecule has 0 aliphatic carbocycles. The summed E-state index contributed by atoms with van der Waals surface area (Å²) < 4.78 is 1.85. The monoisotopic (exact) mass is 262 g/mol. The third-order valence-corrected chi connectivity index (χ3v) is 3.02. The van der Waals surface area contributed by atoms with Gasteiger partial charge in [0.25, 0.3) is 0 Å². The van der Waals surface area contributed by atoms with Crippen molar-refractivity contribution in [3.63, 3.8) is 0 Å². The molecule has 0 spiro atoms. The summed E-state index contributed by atoms with van der Waals surface area (Å²) in [7, 11) is 0. The van der Waals surface area contributed by atoms with Crippen molar-refractivity contribution in [2.75, 3.05) is 18.5 Å². The smallest absolute Gasteiger partial charge is 0.224 e. The van der Waals surface area contributed by atoms with E-state index in [0.717, 1.165) is 16.9 Å². The van der Waals surface area contributed by atoms with Gasteiger partial charge in [0.05, 0.1) is 23.5 Å². The van der Waals surface area contributed by atoms with Crippen LogP contribution in [-0.2, 0) is 5.41 Å². The molecule has 0 unspecified atom stereocenters. The topological polar surface area (TPSA) is 62.5 Å². The molecule has 0 fully saturated rings. The quantitative estimate of drug-likeness (QED) is 0.888. The van der Waals surface area contributed by atoms with Gasteiger partial charge in [-0.3, -0.25) is 0 Å². The van der Waals surface area contributed by atoms with Gasteiger partial charge in [-0.25, -0.2) is 4.98 Å². The summed E-state index contributed by atoms with van der Waals surface area (Å²) in [5, 5.41) is 16.6. The number of nitrogens with zero attached hydrogens (tertiary/aromatic N) is 3. The van der Waals surface area contributed by atoms with Crippen LogP contribution < -0.4 is 5.32 Å². The lowest BCUT2D eigenvalue weighted by atomic mass is 9.90. The van der Waals surface area contributed by atoms with E-state index in [0.29, 0.717) is 12.5 Å². The maximum Gasteiger partial charge on any atom is 0.224 e. The standard InChI is InChI=1S/C14H22N4O/c1-9-8-10(2)17-18-11(9)12(14(3,4)5)16-13(18)15-6-7-19/h8,19H,6-7H2,1-5H3,(H,15,16). The minimum atomic E-state index is -0.0495. The fourth-order valence-electron chi connectivity index (χ4n) is 2.24. The number of hydrogen-bond acceptors (Lipinski definition) is 4. The van der Waals surface area contributed by atoms with E-state index >= 15 is 0 Å². The Hall–Kier alpha value is -1.62. The Balaban J connectivity index is 2.70. The van der Waals surface area contributed by atoms with E-state index in [1.54, 1.807) is 0 Å². The van der Waals surface area contributed by atoms with Crippen LogP contribution in [0.1, 0.15) is 37.7 Å². The SMILES string of the molecule is Cc1cc(C)c2c(C(C)(C)C)nc(NCCO)n2n1. The summed E-state index contributed by atoms with van der Waals surface area (Å²) in [5.41, 5.74) is 4.15. The van der Waals surface area contributed by atoms with Crippen LogP contribution in [0.5, 0.6) is 0 Å². The van der Waals surface area contributed by atoms with Crippen molar-refractivity contribution in [3.05, 3.63) is 23.0 Å².